The van der Waals surface area contributed by atoms with Crippen LogP contribution in [-0.4, -0.2) is 24.7 Å². The standard InChI is InChI=1S/C22H25N3O2S2/c26-29(27,23-14-13-18-8-3-1-4-9-18)21-17-25(16-19-10-5-2-6-11-19)24-22(21)20-12-7-15-28-20/h2,5-8,10-12,15,17,23H,1,3-4,9,13-14,16H2. The molecular weight excluding hydrogens is 402 g/mol. The van der Waals surface area contributed by atoms with E-state index in [-0.39, 0.29) is 4.90 Å². The molecule has 1 aromatic carbocycles. The van der Waals surface area contributed by atoms with Crippen LogP contribution in [0.1, 0.15) is 37.7 Å². The topological polar surface area (TPSA) is 64.0 Å². The summed E-state index contributed by atoms with van der Waals surface area (Å²) >= 11 is 1.50. The minimum atomic E-state index is -3.64. The molecule has 2 heterocycles. The minimum absolute atomic E-state index is 0.244. The lowest BCUT2D eigenvalue weighted by molar-refractivity contribution is 0.579. The number of hydrogen-bond donors (Lipinski definition) is 1. The van der Waals surface area contributed by atoms with E-state index in [1.165, 1.54) is 29.8 Å². The lowest BCUT2D eigenvalue weighted by Gasteiger charge is -2.13. The van der Waals surface area contributed by atoms with Crippen molar-refractivity contribution in [3.63, 3.8) is 0 Å². The van der Waals surface area contributed by atoms with Crippen LogP contribution in [0.2, 0.25) is 0 Å². The lowest BCUT2D eigenvalue weighted by Crippen LogP contribution is -2.25. The summed E-state index contributed by atoms with van der Waals surface area (Å²) in [5.74, 6) is 0. The second-order valence-corrected chi connectivity index (χ2v) is 9.94. The summed E-state index contributed by atoms with van der Waals surface area (Å²) in [6.45, 7) is 0.948. The molecule has 0 bridgehead atoms. The molecule has 0 amide bonds. The van der Waals surface area contributed by atoms with Crippen LogP contribution < -0.4 is 4.72 Å². The summed E-state index contributed by atoms with van der Waals surface area (Å²) in [6.07, 6.45) is 9.30. The Kier molecular flexibility index (Phi) is 6.28. The van der Waals surface area contributed by atoms with Crippen LogP contribution in [0.5, 0.6) is 0 Å². The minimum Gasteiger partial charge on any atom is -0.266 e. The van der Waals surface area contributed by atoms with Gasteiger partial charge in [-0.3, -0.25) is 4.68 Å². The van der Waals surface area contributed by atoms with Gasteiger partial charge in [0, 0.05) is 12.7 Å². The van der Waals surface area contributed by atoms with Gasteiger partial charge in [0.25, 0.3) is 0 Å². The van der Waals surface area contributed by atoms with Gasteiger partial charge in [-0.15, -0.1) is 11.3 Å². The van der Waals surface area contributed by atoms with Crippen LogP contribution in [0, 0.1) is 0 Å². The third kappa shape index (κ3) is 5.04. The predicted octanol–water partition coefficient (Wildman–Crippen LogP) is 4.83. The number of nitrogens with zero attached hydrogens (tertiary/aromatic N) is 2. The zero-order chi connectivity index (χ0) is 20.1. The van der Waals surface area contributed by atoms with Crippen molar-refractivity contribution < 1.29 is 8.42 Å². The Balaban J connectivity index is 1.56. The van der Waals surface area contributed by atoms with Crippen molar-refractivity contribution in [1.82, 2.24) is 14.5 Å². The molecule has 4 rings (SSSR count). The lowest BCUT2D eigenvalue weighted by atomic mass is 9.97. The number of nitrogens with one attached hydrogen (secondary N) is 1. The number of rotatable bonds is 8. The van der Waals surface area contributed by atoms with E-state index < -0.39 is 10.0 Å². The maximum atomic E-state index is 13.1. The summed E-state index contributed by atoms with van der Waals surface area (Å²) in [5.41, 5.74) is 2.95. The molecule has 7 heteroatoms. The van der Waals surface area contributed by atoms with Gasteiger partial charge in [-0.25, -0.2) is 13.1 Å². The van der Waals surface area contributed by atoms with Crippen molar-refractivity contribution in [1.29, 1.82) is 0 Å². The number of aromatic nitrogens is 2. The fourth-order valence-corrected chi connectivity index (χ4v) is 5.57. The van der Waals surface area contributed by atoms with Crippen molar-refractivity contribution in [3.05, 3.63) is 71.3 Å². The molecule has 0 unspecified atom stereocenters. The van der Waals surface area contributed by atoms with Gasteiger partial charge in [-0.1, -0.05) is 48.0 Å². The van der Waals surface area contributed by atoms with Gasteiger partial charge in [0.2, 0.25) is 10.0 Å². The van der Waals surface area contributed by atoms with Gasteiger partial charge in [0.15, 0.2) is 0 Å². The third-order valence-corrected chi connectivity index (χ3v) is 7.42. The Morgan fingerprint density at radius 1 is 1.10 bits per heavy atom. The van der Waals surface area contributed by atoms with E-state index in [0.717, 1.165) is 29.7 Å². The molecule has 1 aliphatic carbocycles. The molecule has 29 heavy (non-hydrogen) atoms. The highest BCUT2D eigenvalue weighted by atomic mass is 32.2. The van der Waals surface area contributed by atoms with Gasteiger partial charge >= 0.3 is 0 Å². The Bertz CT molecular complexity index is 1070. The van der Waals surface area contributed by atoms with Crippen LogP contribution in [-0.2, 0) is 16.6 Å². The van der Waals surface area contributed by atoms with E-state index >= 15 is 0 Å². The summed E-state index contributed by atoms with van der Waals surface area (Å²) in [4.78, 5) is 1.10. The largest absolute Gasteiger partial charge is 0.266 e. The van der Waals surface area contributed by atoms with Gasteiger partial charge in [0.05, 0.1) is 11.4 Å². The first kappa shape index (κ1) is 20.1. The molecule has 0 spiro atoms. The second kappa shape index (κ2) is 9.07. The van der Waals surface area contributed by atoms with Crippen molar-refractivity contribution in [2.45, 2.75) is 43.5 Å². The van der Waals surface area contributed by atoms with E-state index in [1.54, 1.807) is 10.9 Å². The Labute approximate surface area is 176 Å². The molecule has 0 fully saturated rings. The molecule has 5 nitrogen and oxygen atoms in total. The average Bonchev–Trinajstić information content (AvgIpc) is 3.39. The number of sulfonamides is 1. The summed E-state index contributed by atoms with van der Waals surface area (Å²) < 4.78 is 30.6. The first-order chi connectivity index (χ1) is 14.1. The number of hydrogen-bond acceptors (Lipinski definition) is 4. The van der Waals surface area contributed by atoms with Crippen LogP contribution in [0.15, 0.2) is 70.6 Å². The summed E-state index contributed by atoms with van der Waals surface area (Å²) in [6, 6.07) is 13.7. The average molecular weight is 428 g/mol. The van der Waals surface area contributed by atoms with Crippen LogP contribution in [0.3, 0.4) is 0 Å². The molecule has 0 saturated carbocycles. The Morgan fingerprint density at radius 2 is 1.97 bits per heavy atom. The maximum Gasteiger partial charge on any atom is 0.244 e. The first-order valence-electron chi connectivity index (χ1n) is 9.95. The predicted molar refractivity (Wildman–Crippen MR) is 117 cm³/mol. The highest BCUT2D eigenvalue weighted by Crippen LogP contribution is 2.30. The molecule has 0 saturated heterocycles. The normalized spacial score (nSPS) is 14.7. The molecule has 3 aromatic rings. The van der Waals surface area contributed by atoms with Crippen LogP contribution >= 0.6 is 11.3 Å². The van der Waals surface area contributed by atoms with E-state index in [0.29, 0.717) is 18.8 Å². The number of thiophene rings is 1. The molecule has 0 aliphatic heterocycles. The zero-order valence-electron chi connectivity index (χ0n) is 16.3. The number of benzene rings is 1. The van der Waals surface area contributed by atoms with Crippen molar-refractivity contribution in [2.24, 2.45) is 0 Å². The zero-order valence-corrected chi connectivity index (χ0v) is 17.9. The van der Waals surface area contributed by atoms with Gasteiger partial charge in [-0.2, -0.15) is 5.10 Å². The van der Waals surface area contributed by atoms with Crippen LogP contribution in [0.4, 0.5) is 0 Å². The van der Waals surface area contributed by atoms with Gasteiger partial charge < -0.3 is 0 Å². The highest BCUT2D eigenvalue weighted by Gasteiger charge is 2.24. The molecule has 0 atom stereocenters. The quantitative estimate of drug-likeness (QED) is 0.524. The van der Waals surface area contributed by atoms with E-state index in [9.17, 15) is 8.42 Å². The monoisotopic (exact) mass is 427 g/mol. The summed E-state index contributed by atoms with van der Waals surface area (Å²) in [7, 11) is -3.64. The number of allylic oxidation sites excluding steroid dienone is 1. The molecule has 1 N–H and O–H groups in total. The van der Waals surface area contributed by atoms with E-state index in [4.69, 9.17) is 0 Å². The van der Waals surface area contributed by atoms with Crippen LogP contribution in [0.25, 0.3) is 10.6 Å². The fraction of sp³-hybridized carbons (Fsp3) is 0.318. The van der Waals surface area contributed by atoms with Gasteiger partial charge in [0.1, 0.15) is 10.6 Å². The molecule has 152 valence electrons. The smallest absolute Gasteiger partial charge is 0.244 e. The van der Waals surface area contributed by atoms with Crippen molar-refractivity contribution in [2.75, 3.05) is 6.54 Å². The van der Waals surface area contributed by atoms with E-state index in [2.05, 4.69) is 15.9 Å². The maximum absolute atomic E-state index is 13.1. The van der Waals surface area contributed by atoms with E-state index in [1.807, 2.05) is 47.8 Å². The van der Waals surface area contributed by atoms with Gasteiger partial charge in [-0.05, 0) is 49.1 Å². The molecular formula is C22H25N3O2S2. The first-order valence-corrected chi connectivity index (χ1v) is 12.3. The second-order valence-electron chi connectivity index (χ2n) is 7.26. The Morgan fingerprint density at radius 3 is 2.69 bits per heavy atom. The SMILES string of the molecule is O=S(=O)(NCCC1=CCCCC1)c1cn(Cc2ccccc2)nc1-c1cccs1. The highest BCUT2D eigenvalue weighted by molar-refractivity contribution is 7.89. The summed E-state index contributed by atoms with van der Waals surface area (Å²) in [5, 5.41) is 6.54. The fourth-order valence-electron chi connectivity index (χ4n) is 3.59. The molecule has 0 radical (unpaired) electrons. The van der Waals surface area contributed by atoms with Crippen molar-refractivity contribution in [3.8, 4) is 10.6 Å². The molecule has 1 aliphatic rings. The third-order valence-electron chi connectivity index (χ3n) is 5.08. The molecule has 2 aromatic heterocycles. The van der Waals surface area contributed by atoms with Crippen molar-refractivity contribution >= 4 is 21.4 Å². The Hall–Kier alpha value is -2.22.